The van der Waals surface area contributed by atoms with Crippen molar-refractivity contribution in [2.45, 2.75) is 0 Å². The highest BCUT2D eigenvalue weighted by Gasteiger charge is 2.10. The minimum Gasteiger partial charge on any atom is -1.00 e. The number of carbonyl (C=O) groups excluding carboxylic acids is 2. The molecule has 0 unspecified atom stereocenters. The van der Waals surface area contributed by atoms with Gasteiger partial charge in [0.2, 0.25) is 0 Å². The molecule has 0 bridgehead atoms. The number of halogens is 1. The normalized spacial score (nSPS) is 9.12. The molecule has 0 heterocycles. The number of ether oxygens (including phenoxy) is 7. The second-order valence-corrected chi connectivity index (χ2v) is 5.92. The molecule has 2 rings (SSSR count). The van der Waals surface area contributed by atoms with Gasteiger partial charge in [-0.3, -0.25) is 0 Å². The van der Waals surface area contributed by atoms with E-state index in [4.69, 9.17) is 29.2 Å². The number of hydrogen-bond donors (Lipinski definition) is 2. The van der Waals surface area contributed by atoms with Crippen molar-refractivity contribution < 1.29 is 65.4 Å². The summed E-state index contributed by atoms with van der Waals surface area (Å²) in [5.41, 5.74) is 0.451. The van der Waals surface area contributed by atoms with Crippen molar-refractivity contribution in [3.8, 4) is 23.0 Å². The van der Waals surface area contributed by atoms with E-state index in [0.717, 1.165) is 6.07 Å². The van der Waals surface area contributed by atoms with Crippen molar-refractivity contribution >= 4 is 11.9 Å². The molecule has 2 N–H and O–H groups in total. The average Bonchev–Trinajstić information content (AvgIpc) is 2.80. The molecule has 0 fully saturated rings. The first-order valence-corrected chi connectivity index (χ1v) is 9.24. The van der Waals surface area contributed by atoms with E-state index in [2.05, 4.69) is 14.2 Å². The van der Waals surface area contributed by atoms with Gasteiger partial charge in [-0.05, 0) is 24.3 Å². The topological polar surface area (TPSA) is 139 Å². The molecule has 0 aromatic heterocycles. The zero-order chi connectivity index (χ0) is 25.2. The molecule has 0 aliphatic heterocycles. The van der Waals surface area contributed by atoms with Crippen LogP contribution < -0.4 is 21.9 Å². The van der Waals surface area contributed by atoms with Gasteiger partial charge in [-0.15, -0.1) is 0 Å². The Labute approximate surface area is 204 Å². The highest BCUT2D eigenvalue weighted by molar-refractivity contribution is 5.90. The van der Waals surface area contributed by atoms with Crippen molar-refractivity contribution in [3.63, 3.8) is 0 Å². The lowest BCUT2D eigenvalue weighted by Gasteiger charge is -2.10. The van der Waals surface area contributed by atoms with Gasteiger partial charge < -0.3 is 55.8 Å². The standard InChI is InChI=1S/C12H16O6.C8H8O4.C2H6O.ClH/c1-14-7-17-10-4-9(12(13)16-3)5-11(6-10)18-8-15-2;1-12-8(11)5-2-6(9)4-7(10)3-5;1-3-2;/h4-6H,7-8H2,1-3H3;2-4,9-10H,1H3;1-2H3;1H/p-1. The van der Waals surface area contributed by atoms with Crippen molar-refractivity contribution in [3.05, 3.63) is 47.5 Å². The molecule has 11 nitrogen and oxygen atoms in total. The lowest BCUT2D eigenvalue weighted by molar-refractivity contribution is -0.0000435. The number of benzene rings is 2. The first-order valence-electron chi connectivity index (χ1n) is 9.24. The Morgan fingerprint density at radius 3 is 1.32 bits per heavy atom. The summed E-state index contributed by atoms with van der Waals surface area (Å²) in [5.74, 6) is -0.510. The number of rotatable bonds is 8. The van der Waals surface area contributed by atoms with Crippen molar-refractivity contribution in [1.82, 2.24) is 0 Å². The van der Waals surface area contributed by atoms with Crippen LogP contribution in [0.4, 0.5) is 0 Å². The Morgan fingerprint density at radius 2 is 1.00 bits per heavy atom. The fraction of sp³-hybridized carbons (Fsp3) is 0.364. The Balaban J connectivity index is 0. The summed E-state index contributed by atoms with van der Waals surface area (Å²) in [4.78, 5) is 22.3. The molecule has 12 heteroatoms. The molecule has 192 valence electrons. The van der Waals surface area contributed by atoms with E-state index in [1.54, 1.807) is 32.4 Å². The molecule has 0 saturated heterocycles. The summed E-state index contributed by atoms with van der Waals surface area (Å²) in [5, 5.41) is 17.9. The van der Waals surface area contributed by atoms with Crippen LogP contribution in [-0.4, -0.2) is 78.4 Å². The number of phenols is 2. The number of carbonyl (C=O) groups is 2. The maximum Gasteiger partial charge on any atom is 0.338 e. The third kappa shape index (κ3) is 13.3. The fourth-order valence-electron chi connectivity index (χ4n) is 2.06. The van der Waals surface area contributed by atoms with E-state index in [1.165, 1.54) is 40.6 Å². The summed E-state index contributed by atoms with van der Waals surface area (Å²) in [7, 11) is 8.79. The summed E-state index contributed by atoms with van der Waals surface area (Å²) < 4.78 is 33.4. The number of esters is 2. The number of hydrogen-bond acceptors (Lipinski definition) is 11. The zero-order valence-corrected chi connectivity index (χ0v) is 20.6. The predicted octanol–water partition coefficient (Wildman–Crippen LogP) is -0.410. The van der Waals surface area contributed by atoms with Crippen molar-refractivity contribution in [1.29, 1.82) is 0 Å². The SMILES string of the molecule is COC.COC(=O)c1cc(O)cc(O)c1.COCOc1cc(OCOC)cc(C(=O)OC)c1.[Cl-]. The van der Waals surface area contributed by atoms with E-state index in [1.807, 2.05) is 0 Å². The molecular formula is C22H30ClO11-. The Bertz CT molecular complexity index is 812. The molecule has 0 atom stereocenters. The van der Waals surface area contributed by atoms with Crippen molar-refractivity contribution in [2.75, 3.05) is 56.2 Å². The highest BCUT2D eigenvalue weighted by atomic mass is 35.5. The molecular weight excluding hydrogens is 476 g/mol. The monoisotopic (exact) mass is 505 g/mol. The van der Waals surface area contributed by atoms with Gasteiger partial charge in [0.05, 0.1) is 25.3 Å². The molecule has 2 aromatic rings. The van der Waals surface area contributed by atoms with Crippen LogP contribution in [0.3, 0.4) is 0 Å². The van der Waals surface area contributed by atoms with Gasteiger partial charge in [-0.2, -0.15) is 0 Å². The van der Waals surface area contributed by atoms with Crippen LogP contribution in [0.25, 0.3) is 0 Å². The Hall–Kier alpha value is -3.25. The van der Waals surface area contributed by atoms with Crippen LogP contribution in [-0.2, 0) is 23.7 Å². The molecule has 0 saturated carbocycles. The lowest BCUT2D eigenvalue weighted by atomic mass is 10.2. The summed E-state index contributed by atoms with van der Waals surface area (Å²) in [6.45, 7) is 0.155. The second kappa shape index (κ2) is 19.2. The molecule has 0 aliphatic carbocycles. The minimum absolute atomic E-state index is 0. The summed E-state index contributed by atoms with van der Waals surface area (Å²) >= 11 is 0. The molecule has 0 spiro atoms. The van der Waals surface area contributed by atoms with Crippen LogP contribution in [0, 0.1) is 0 Å². The highest BCUT2D eigenvalue weighted by Crippen LogP contribution is 2.24. The van der Waals surface area contributed by atoms with E-state index < -0.39 is 11.9 Å². The number of phenolic OH excluding ortho intramolecular Hbond substituents is 2. The van der Waals surface area contributed by atoms with Crippen LogP contribution in [0.15, 0.2) is 36.4 Å². The first-order chi connectivity index (χ1) is 15.8. The summed E-state index contributed by atoms with van der Waals surface area (Å²) in [6.07, 6.45) is 0. The average molecular weight is 506 g/mol. The maximum atomic E-state index is 11.5. The smallest absolute Gasteiger partial charge is 0.338 e. The van der Waals surface area contributed by atoms with E-state index in [0.29, 0.717) is 17.1 Å². The molecule has 0 radical (unpaired) electrons. The molecule has 2 aromatic carbocycles. The fourth-order valence-corrected chi connectivity index (χ4v) is 2.06. The third-order valence-corrected chi connectivity index (χ3v) is 3.31. The predicted molar refractivity (Wildman–Crippen MR) is 117 cm³/mol. The van der Waals surface area contributed by atoms with Crippen LogP contribution in [0.5, 0.6) is 23.0 Å². The number of aromatic hydroxyl groups is 2. The minimum atomic E-state index is -0.596. The Morgan fingerprint density at radius 1 is 0.647 bits per heavy atom. The number of methoxy groups -OCH3 is 5. The van der Waals surface area contributed by atoms with E-state index in [-0.39, 0.29) is 43.1 Å². The Kier molecular flexibility index (Phi) is 18.6. The molecule has 0 aliphatic rings. The third-order valence-electron chi connectivity index (χ3n) is 3.31. The first kappa shape index (κ1) is 32.9. The van der Waals surface area contributed by atoms with Gasteiger partial charge in [0, 0.05) is 40.6 Å². The second-order valence-electron chi connectivity index (χ2n) is 5.92. The van der Waals surface area contributed by atoms with Gasteiger partial charge in [-0.1, -0.05) is 0 Å². The molecule has 34 heavy (non-hydrogen) atoms. The maximum absolute atomic E-state index is 11.5. The molecule has 0 amide bonds. The van der Waals surface area contributed by atoms with Crippen LogP contribution >= 0.6 is 0 Å². The largest absolute Gasteiger partial charge is 1.00 e. The van der Waals surface area contributed by atoms with Gasteiger partial charge in [-0.25, -0.2) is 9.59 Å². The van der Waals surface area contributed by atoms with Gasteiger partial charge in [0.25, 0.3) is 0 Å². The lowest BCUT2D eigenvalue weighted by Crippen LogP contribution is -3.00. The summed E-state index contributed by atoms with van der Waals surface area (Å²) in [6, 6.07) is 8.28. The van der Waals surface area contributed by atoms with Gasteiger partial charge in [0.15, 0.2) is 13.6 Å². The zero-order valence-electron chi connectivity index (χ0n) is 19.8. The van der Waals surface area contributed by atoms with E-state index in [9.17, 15) is 9.59 Å². The van der Waals surface area contributed by atoms with Crippen molar-refractivity contribution in [2.24, 2.45) is 0 Å². The van der Waals surface area contributed by atoms with Crippen LogP contribution in [0.1, 0.15) is 20.7 Å². The van der Waals surface area contributed by atoms with Crippen LogP contribution in [0.2, 0.25) is 0 Å². The van der Waals surface area contributed by atoms with Gasteiger partial charge >= 0.3 is 11.9 Å². The van der Waals surface area contributed by atoms with Gasteiger partial charge in [0.1, 0.15) is 23.0 Å². The van der Waals surface area contributed by atoms with E-state index >= 15 is 0 Å². The quantitative estimate of drug-likeness (QED) is 0.357.